The van der Waals surface area contributed by atoms with E-state index in [1.807, 2.05) is 36.4 Å². The number of nitrogens with one attached hydrogen (secondary N) is 2. The van der Waals surface area contributed by atoms with E-state index in [9.17, 15) is 0 Å². The topological polar surface area (TPSA) is 79.2 Å². The number of nitrogens with zero attached hydrogens (tertiary/aromatic N) is 2. The van der Waals surface area contributed by atoms with Crippen LogP contribution in [0.15, 0.2) is 77.9 Å². The number of fused-ring (bicyclic) bond motifs is 1. The molecule has 4 N–H and O–H groups in total. The molecule has 5 nitrogen and oxygen atoms in total. The maximum Gasteiger partial charge on any atom is 0.206 e. The van der Waals surface area contributed by atoms with E-state index in [-0.39, 0.29) is 5.96 Å². The van der Waals surface area contributed by atoms with Gasteiger partial charge in [-0.15, -0.1) is 0 Å². The maximum absolute atomic E-state index is 7.37. The standard InChI is InChI=1S/C24H22ClN5/c1-16-6-8-17(9-7-16)15-30-22-5-3-2-4-20(22)21(14-28-29-24(26)27)23(30)18-10-12-19(25)13-11-18/h2-14H,15H2,1H3,(H4,26,27,29). The first kappa shape index (κ1) is 19.7. The fraction of sp³-hybridized carbons (Fsp3) is 0.0833. The molecule has 0 aliphatic rings. The average Bonchev–Trinajstić information content (AvgIpc) is 3.04. The van der Waals surface area contributed by atoms with Crippen molar-refractivity contribution >= 4 is 34.7 Å². The molecule has 0 spiro atoms. The van der Waals surface area contributed by atoms with Crippen molar-refractivity contribution in [3.63, 3.8) is 0 Å². The number of halogens is 1. The van der Waals surface area contributed by atoms with Crippen LogP contribution in [0.25, 0.3) is 22.2 Å². The highest BCUT2D eigenvalue weighted by molar-refractivity contribution is 6.30. The molecular formula is C24H22ClN5. The first-order valence-electron chi connectivity index (χ1n) is 9.59. The average molecular weight is 416 g/mol. The van der Waals surface area contributed by atoms with Crippen molar-refractivity contribution in [1.29, 1.82) is 5.41 Å². The summed E-state index contributed by atoms with van der Waals surface area (Å²) in [5, 5.41) is 13.3. The number of rotatable bonds is 5. The van der Waals surface area contributed by atoms with Crippen molar-refractivity contribution in [1.82, 2.24) is 9.99 Å². The molecule has 6 heteroatoms. The molecule has 1 heterocycles. The highest BCUT2D eigenvalue weighted by Crippen LogP contribution is 2.34. The van der Waals surface area contributed by atoms with Crippen LogP contribution < -0.4 is 11.2 Å². The Balaban J connectivity index is 1.94. The van der Waals surface area contributed by atoms with Gasteiger partial charge in [-0.3, -0.25) is 5.41 Å². The lowest BCUT2D eigenvalue weighted by Gasteiger charge is -2.13. The van der Waals surface area contributed by atoms with E-state index in [4.69, 9.17) is 22.7 Å². The summed E-state index contributed by atoms with van der Waals surface area (Å²) in [5.74, 6) is -0.206. The minimum absolute atomic E-state index is 0.206. The maximum atomic E-state index is 7.37. The number of hydrazone groups is 1. The smallest absolute Gasteiger partial charge is 0.206 e. The van der Waals surface area contributed by atoms with Crippen LogP contribution in [0.2, 0.25) is 5.02 Å². The third-order valence-electron chi connectivity index (χ3n) is 4.97. The van der Waals surface area contributed by atoms with Gasteiger partial charge >= 0.3 is 0 Å². The molecule has 3 aromatic carbocycles. The van der Waals surface area contributed by atoms with E-state index in [0.29, 0.717) is 11.6 Å². The lowest BCUT2D eigenvalue weighted by molar-refractivity contribution is 0.844. The van der Waals surface area contributed by atoms with Crippen LogP contribution in [0.1, 0.15) is 16.7 Å². The van der Waals surface area contributed by atoms with Crippen LogP contribution in [0.3, 0.4) is 0 Å². The molecule has 0 saturated heterocycles. The van der Waals surface area contributed by atoms with Gasteiger partial charge in [0.25, 0.3) is 0 Å². The number of aryl methyl sites for hydroxylation is 1. The van der Waals surface area contributed by atoms with Gasteiger partial charge in [0.05, 0.1) is 11.9 Å². The third-order valence-corrected chi connectivity index (χ3v) is 5.22. The van der Waals surface area contributed by atoms with Gasteiger partial charge in [0.15, 0.2) is 0 Å². The third kappa shape index (κ3) is 4.07. The fourth-order valence-electron chi connectivity index (χ4n) is 3.59. The molecule has 150 valence electrons. The Morgan fingerprint density at radius 1 is 1.07 bits per heavy atom. The zero-order valence-corrected chi connectivity index (χ0v) is 17.3. The predicted octanol–water partition coefficient (Wildman–Crippen LogP) is 5.14. The summed E-state index contributed by atoms with van der Waals surface area (Å²) >= 11 is 6.14. The number of benzene rings is 3. The van der Waals surface area contributed by atoms with Crippen molar-refractivity contribution in [3.05, 3.63) is 94.5 Å². The number of nitrogens with two attached hydrogens (primary N) is 1. The molecule has 0 amide bonds. The number of guanidine groups is 1. The van der Waals surface area contributed by atoms with Gasteiger partial charge in [-0.05, 0) is 36.2 Å². The quantitative estimate of drug-likeness (QED) is 0.240. The summed E-state index contributed by atoms with van der Waals surface area (Å²) in [7, 11) is 0. The molecule has 0 radical (unpaired) electrons. The molecule has 0 bridgehead atoms. The molecule has 30 heavy (non-hydrogen) atoms. The van der Waals surface area contributed by atoms with Crippen molar-refractivity contribution in [2.75, 3.05) is 0 Å². The Kier molecular flexibility index (Phi) is 5.55. The van der Waals surface area contributed by atoms with Gasteiger partial charge in [-0.25, -0.2) is 5.43 Å². The van der Waals surface area contributed by atoms with Gasteiger partial charge in [-0.1, -0.05) is 71.8 Å². The summed E-state index contributed by atoms with van der Waals surface area (Å²) in [6, 6.07) is 24.6. The largest absolute Gasteiger partial charge is 0.369 e. The molecule has 0 saturated carbocycles. The summed E-state index contributed by atoms with van der Waals surface area (Å²) in [4.78, 5) is 0. The zero-order chi connectivity index (χ0) is 21.1. The zero-order valence-electron chi connectivity index (χ0n) is 16.6. The second-order valence-electron chi connectivity index (χ2n) is 7.14. The van der Waals surface area contributed by atoms with Crippen LogP contribution in [0, 0.1) is 12.3 Å². The highest BCUT2D eigenvalue weighted by atomic mass is 35.5. The molecule has 4 aromatic rings. The molecule has 1 aromatic heterocycles. The van der Waals surface area contributed by atoms with E-state index in [0.717, 1.165) is 27.7 Å². The number of para-hydroxylation sites is 1. The van der Waals surface area contributed by atoms with Crippen LogP contribution in [0.4, 0.5) is 0 Å². The van der Waals surface area contributed by atoms with Crippen LogP contribution >= 0.6 is 11.6 Å². The highest BCUT2D eigenvalue weighted by Gasteiger charge is 2.18. The van der Waals surface area contributed by atoms with E-state index in [1.54, 1.807) is 6.21 Å². The second-order valence-corrected chi connectivity index (χ2v) is 7.58. The van der Waals surface area contributed by atoms with E-state index >= 15 is 0 Å². The Labute approximate surface area is 180 Å². The number of hydrogen-bond donors (Lipinski definition) is 3. The van der Waals surface area contributed by atoms with Crippen molar-refractivity contribution < 1.29 is 0 Å². The monoisotopic (exact) mass is 415 g/mol. The molecule has 4 rings (SSSR count). The van der Waals surface area contributed by atoms with Crippen molar-refractivity contribution in [2.24, 2.45) is 10.8 Å². The Bertz CT molecular complexity index is 1220. The van der Waals surface area contributed by atoms with Gasteiger partial charge in [0.1, 0.15) is 0 Å². The molecule has 0 fully saturated rings. The Hall–Kier alpha value is -3.57. The van der Waals surface area contributed by atoms with Crippen LogP contribution in [-0.2, 0) is 6.54 Å². The lowest BCUT2D eigenvalue weighted by Crippen LogP contribution is -2.25. The first-order chi connectivity index (χ1) is 14.5. The summed E-state index contributed by atoms with van der Waals surface area (Å²) in [5.41, 5.74) is 14.5. The second kappa shape index (κ2) is 8.43. The molecule has 0 unspecified atom stereocenters. The van der Waals surface area contributed by atoms with Crippen molar-refractivity contribution in [3.8, 4) is 11.3 Å². The number of aromatic nitrogens is 1. The van der Waals surface area contributed by atoms with Crippen LogP contribution in [0.5, 0.6) is 0 Å². The molecule has 0 aliphatic heterocycles. The SMILES string of the molecule is Cc1ccc(Cn2c(-c3ccc(Cl)cc3)c(C=NNC(=N)N)c3ccccc32)cc1. The lowest BCUT2D eigenvalue weighted by atomic mass is 10.1. The van der Waals surface area contributed by atoms with E-state index in [1.165, 1.54) is 11.1 Å². The molecule has 0 atom stereocenters. The van der Waals surface area contributed by atoms with Gasteiger partial charge in [0.2, 0.25) is 5.96 Å². The fourth-order valence-corrected chi connectivity index (χ4v) is 3.71. The van der Waals surface area contributed by atoms with Gasteiger partial charge in [-0.2, -0.15) is 5.10 Å². The van der Waals surface area contributed by atoms with Crippen LogP contribution in [-0.4, -0.2) is 16.7 Å². The predicted molar refractivity (Wildman–Crippen MR) is 125 cm³/mol. The molecular weight excluding hydrogens is 394 g/mol. The summed E-state index contributed by atoms with van der Waals surface area (Å²) in [6.45, 7) is 2.80. The summed E-state index contributed by atoms with van der Waals surface area (Å²) in [6.07, 6.45) is 1.72. The van der Waals surface area contributed by atoms with Gasteiger partial charge < -0.3 is 10.3 Å². The Morgan fingerprint density at radius 3 is 2.47 bits per heavy atom. The first-order valence-corrected chi connectivity index (χ1v) is 9.96. The minimum Gasteiger partial charge on any atom is -0.369 e. The van der Waals surface area contributed by atoms with E-state index in [2.05, 4.69) is 58.4 Å². The molecule has 0 aliphatic carbocycles. The van der Waals surface area contributed by atoms with Crippen molar-refractivity contribution in [2.45, 2.75) is 13.5 Å². The summed E-state index contributed by atoms with van der Waals surface area (Å²) < 4.78 is 2.29. The minimum atomic E-state index is -0.206. The Morgan fingerprint density at radius 2 is 1.77 bits per heavy atom. The normalized spacial score (nSPS) is 11.3. The number of hydrogen-bond acceptors (Lipinski definition) is 2. The van der Waals surface area contributed by atoms with E-state index < -0.39 is 0 Å². The van der Waals surface area contributed by atoms with Gasteiger partial charge in [0, 0.05) is 28.0 Å².